The third kappa shape index (κ3) is 2.55. The average Bonchev–Trinajstić information content (AvgIpc) is 3.23. The Labute approximate surface area is 138 Å². The normalized spacial score (nSPS) is 12.0. The maximum atomic E-state index is 14.1. The lowest BCUT2D eigenvalue weighted by molar-refractivity contribution is -0.136. The zero-order chi connectivity index (χ0) is 17.6. The molecule has 3 heterocycles. The van der Waals surface area contributed by atoms with Gasteiger partial charge in [-0.2, -0.15) is 18.3 Å². The molecule has 0 saturated carbocycles. The highest BCUT2D eigenvalue weighted by atomic mass is 19.4. The van der Waals surface area contributed by atoms with E-state index < -0.39 is 17.6 Å². The number of pyridine rings is 1. The Morgan fingerprint density at radius 2 is 1.84 bits per heavy atom. The lowest BCUT2D eigenvalue weighted by atomic mass is 10.1. The fourth-order valence-corrected chi connectivity index (χ4v) is 2.59. The summed E-state index contributed by atoms with van der Waals surface area (Å²) in [7, 11) is 0. The van der Waals surface area contributed by atoms with Crippen LogP contribution in [0.1, 0.15) is 5.56 Å². The van der Waals surface area contributed by atoms with Crippen LogP contribution in [0.25, 0.3) is 28.2 Å². The first kappa shape index (κ1) is 15.4. The molecule has 0 atom stereocenters. The van der Waals surface area contributed by atoms with Gasteiger partial charge in [0.25, 0.3) is 0 Å². The van der Waals surface area contributed by atoms with Crippen molar-refractivity contribution < 1.29 is 22.0 Å². The van der Waals surface area contributed by atoms with E-state index in [9.17, 15) is 17.6 Å². The summed E-state index contributed by atoms with van der Waals surface area (Å²) in [6.45, 7) is 0. The molecular formula is C17H9F4N3O. The molecule has 25 heavy (non-hydrogen) atoms. The lowest BCUT2D eigenvalue weighted by Crippen LogP contribution is -2.08. The van der Waals surface area contributed by atoms with Gasteiger partial charge in [0, 0.05) is 0 Å². The van der Waals surface area contributed by atoms with E-state index in [-0.39, 0.29) is 28.2 Å². The smallest absolute Gasteiger partial charge is 0.417 e. The number of aromatic nitrogens is 3. The SMILES string of the molecule is Fc1ccccc1-n1ncc2c(C(F)(F)F)cc(-c3ccco3)nc21. The second kappa shape index (κ2) is 5.44. The zero-order valence-electron chi connectivity index (χ0n) is 12.5. The summed E-state index contributed by atoms with van der Waals surface area (Å²) in [6, 6.07) is 9.59. The van der Waals surface area contributed by atoms with E-state index in [1.807, 2.05) is 0 Å². The average molecular weight is 347 g/mol. The first-order valence-electron chi connectivity index (χ1n) is 7.20. The number of hydrogen-bond donors (Lipinski definition) is 0. The monoisotopic (exact) mass is 347 g/mol. The van der Waals surface area contributed by atoms with Crippen molar-refractivity contribution in [1.82, 2.24) is 14.8 Å². The molecule has 0 unspecified atom stereocenters. The van der Waals surface area contributed by atoms with Gasteiger partial charge in [-0.05, 0) is 30.3 Å². The molecule has 0 amide bonds. The molecule has 0 aliphatic heterocycles. The number of para-hydroxylation sites is 1. The molecule has 4 nitrogen and oxygen atoms in total. The predicted molar refractivity (Wildman–Crippen MR) is 81.5 cm³/mol. The van der Waals surface area contributed by atoms with Crippen LogP contribution in [0.4, 0.5) is 17.6 Å². The maximum Gasteiger partial charge on any atom is 0.417 e. The molecule has 4 aromatic rings. The molecule has 4 rings (SSSR count). The second-order valence-corrected chi connectivity index (χ2v) is 5.28. The van der Waals surface area contributed by atoms with Gasteiger partial charge in [0.2, 0.25) is 0 Å². The van der Waals surface area contributed by atoms with E-state index in [1.54, 1.807) is 12.1 Å². The number of furan rings is 1. The van der Waals surface area contributed by atoms with Crippen LogP contribution >= 0.6 is 0 Å². The van der Waals surface area contributed by atoms with Crippen molar-refractivity contribution in [3.05, 3.63) is 66.3 Å². The van der Waals surface area contributed by atoms with Crippen LogP contribution in [0.3, 0.4) is 0 Å². The highest BCUT2D eigenvalue weighted by molar-refractivity contribution is 5.83. The fraction of sp³-hybridized carbons (Fsp3) is 0.0588. The van der Waals surface area contributed by atoms with E-state index in [0.717, 1.165) is 16.9 Å². The summed E-state index contributed by atoms with van der Waals surface area (Å²) >= 11 is 0. The van der Waals surface area contributed by atoms with Crippen molar-refractivity contribution in [3.8, 4) is 17.1 Å². The molecular weight excluding hydrogens is 338 g/mol. The Kier molecular flexibility index (Phi) is 3.34. The Hall–Kier alpha value is -3.16. The van der Waals surface area contributed by atoms with Crippen molar-refractivity contribution in [2.45, 2.75) is 6.18 Å². The van der Waals surface area contributed by atoms with Gasteiger partial charge in [-0.3, -0.25) is 0 Å². The highest BCUT2D eigenvalue weighted by Gasteiger charge is 2.35. The number of halogens is 4. The second-order valence-electron chi connectivity index (χ2n) is 5.28. The number of rotatable bonds is 2. The summed E-state index contributed by atoms with van der Waals surface area (Å²) in [4.78, 5) is 4.21. The molecule has 0 N–H and O–H groups in total. The summed E-state index contributed by atoms with van der Waals surface area (Å²) in [6.07, 6.45) is -2.25. The summed E-state index contributed by atoms with van der Waals surface area (Å²) in [5.41, 5.74) is -1.02. The van der Waals surface area contributed by atoms with Crippen LogP contribution in [0.15, 0.2) is 59.3 Å². The largest absolute Gasteiger partial charge is 0.463 e. The lowest BCUT2D eigenvalue weighted by Gasteiger charge is -2.10. The van der Waals surface area contributed by atoms with Crippen molar-refractivity contribution in [2.75, 3.05) is 0 Å². The van der Waals surface area contributed by atoms with Crippen molar-refractivity contribution >= 4 is 11.0 Å². The van der Waals surface area contributed by atoms with E-state index in [1.165, 1.54) is 30.5 Å². The minimum Gasteiger partial charge on any atom is -0.463 e. The number of hydrogen-bond acceptors (Lipinski definition) is 3. The van der Waals surface area contributed by atoms with Gasteiger partial charge in [0.15, 0.2) is 11.4 Å². The van der Waals surface area contributed by atoms with E-state index in [4.69, 9.17) is 4.42 Å². The molecule has 0 bridgehead atoms. The number of benzene rings is 1. The van der Waals surface area contributed by atoms with Crippen LogP contribution in [0, 0.1) is 5.82 Å². The number of alkyl halides is 3. The van der Waals surface area contributed by atoms with Crippen molar-refractivity contribution in [2.24, 2.45) is 0 Å². The molecule has 0 aliphatic rings. The van der Waals surface area contributed by atoms with Crippen LogP contribution < -0.4 is 0 Å². The molecule has 8 heteroatoms. The maximum absolute atomic E-state index is 14.1. The molecule has 3 aromatic heterocycles. The van der Waals surface area contributed by atoms with E-state index >= 15 is 0 Å². The summed E-state index contributed by atoms with van der Waals surface area (Å²) < 4.78 is 60.6. The molecule has 0 saturated heterocycles. The van der Waals surface area contributed by atoms with Crippen molar-refractivity contribution in [3.63, 3.8) is 0 Å². The van der Waals surface area contributed by atoms with Gasteiger partial charge in [0.1, 0.15) is 17.2 Å². The Bertz CT molecular complexity index is 1050. The topological polar surface area (TPSA) is 43.9 Å². The Morgan fingerprint density at radius 1 is 1.04 bits per heavy atom. The number of fused-ring (bicyclic) bond motifs is 1. The van der Waals surface area contributed by atoms with Crippen LogP contribution in [0.2, 0.25) is 0 Å². The van der Waals surface area contributed by atoms with Gasteiger partial charge in [-0.15, -0.1) is 0 Å². The molecule has 126 valence electrons. The standard InChI is InChI=1S/C17H9F4N3O/c18-12-4-1-2-5-14(12)24-16-10(9-22-24)11(17(19,20)21)8-13(23-16)15-6-3-7-25-15/h1-9H. The van der Waals surface area contributed by atoms with Crippen LogP contribution in [-0.2, 0) is 6.18 Å². The van der Waals surface area contributed by atoms with Crippen LogP contribution in [-0.4, -0.2) is 14.8 Å². The fourth-order valence-electron chi connectivity index (χ4n) is 2.59. The zero-order valence-corrected chi connectivity index (χ0v) is 12.5. The first-order valence-corrected chi connectivity index (χ1v) is 7.20. The predicted octanol–water partition coefficient (Wildman–Crippen LogP) is 4.84. The third-order valence-corrected chi connectivity index (χ3v) is 3.70. The van der Waals surface area contributed by atoms with E-state index in [0.29, 0.717) is 0 Å². The third-order valence-electron chi connectivity index (χ3n) is 3.70. The van der Waals surface area contributed by atoms with Crippen molar-refractivity contribution in [1.29, 1.82) is 0 Å². The minimum absolute atomic E-state index is 0.00900. The molecule has 0 spiro atoms. The van der Waals surface area contributed by atoms with Gasteiger partial charge < -0.3 is 4.42 Å². The first-order chi connectivity index (χ1) is 11.9. The number of nitrogens with zero attached hydrogens (tertiary/aromatic N) is 3. The van der Waals surface area contributed by atoms with Gasteiger partial charge >= 0.3 is 6.18 Å². The molecule has 0 aliphatic carbocycles. The summed E-state index contributed by atoms with van der Waals surface area (Å²) in [5, 5.41) is 3.69. The molecule has 0 fully saturated rings. The van der Waals surface area contributed by atoms with Gasteiger partial charge in [-0.25, -0.2) is 14.1 Å². The quantitative estimate of drug-likeness (QED) is 0.488. The van der Waals surface area contributed by atoms with Crippen LogP contribution in [0.5, 0.6) is 0 Å². The Balaban J connectivity index is 2.05. The molecule has 1 aromatic carbocycles. The van der Waals surface area contributed by atoms with Gasteiger partial charge in [0.05, 0.1) is 23.4 Å². The summed E-state index contributed by atoms with van der Waals surface area (Å²) in [5.74, 6) is -0.444. The van der Waals surface area contributed by atoms with E-state index in [2.05, 4.69) is 10.1 Å². The Morgan fingerprint density at radius 3 is 2.52 bits per heavy atom. The van der Waals surface area contributed by atoms with Gasteiger partial charge in [-0.1, -0.05) is 12.1 Å². The highest BCUT2D eigenvalue weighted by Crippen LogP contribution is 2.37. The minimum atomic E-state index is -4.62. The molecule has 0 radical (unpaired) electrons.